The summed E-state index contributed by atoms with van der Waals surface area (Å²) in [6.07, 6.45) is -1.88. The quantitative estimate of drug-likeness (QED) is 0.528. The van der Waals surface area contributed by atoms with Crippen molar-refractivity contribution >= 4 is 36.7 Å². The molecule has 0 unspecified atom stereocenters. The maximum absolute atomic E-state index is 13.3. The molecule has 3 aromatic rings. The number of amides is 1. The van der Waals surface area contributed by atoms with Crippen molar-refractivity contribution < 1.29 is 27.9 Å². The summed E-state index contributed by atoms with van der Waals surface area (Å²) in [5, 5.41) is 13.7. The van der Waals surface area contributed by atoms with E-state index in [0.29, 0.717) is 5.56 Å². The van der Waals surface area contributed by atoms with Crippen LogP contribution in [0.25, 0.3) is 0 Å². The van der Waals surface area contributed by atoms with E-state index in [2.05, 4.69) is 10.1 Å². The van der Waals surface area contributed by atoms with Gasteiger partial charge in [-0.3, -0.25) is 14.3 Å². The van der Waals surface area contributed by atoms with Gasteiger partial charge in [0, 0.05) is 30.4 Å². The Hall–Kier alpha value is -3.38. The third-order valence-electron chi connectivity index (χ3n) is 5.55. The number of fused-ring (bicyclic) bond motifs is 1. The lowest BCUT2D eigenvalue weighted by Gasteiger charge is -2.33. The topological polar surface area (TPSA) is 114 Å². The molecule has 0 aliphatic carbocycles. The number of ketones is 1. The van der Waals surface area contributed by atoms with Crippen LogP contribution in [-0.2, 0) is 19.2 Å². The van der Waals surface area contributed by atoms with Crippen molar-refractivity contribution in [3.05, 3.63) is 70.7 Å². The summed E-state index contributed by atoms with van der Waals surface area (Å²) >= 11 is 0. The minimum Gasteiger partial charge on any atom is -0.392 e. The number of hydrogen-bond donors (Lipinski definition) is 2. The average Bonchev–Trinajstić information content (AvgIpc) is 3.19. The number of aromatic nitrogens is 3. The number of benzene rings is 1. The zero-order valence-corrected chi connectivity index (χ0v) is 19.0. The average molecular weight is 494 g/mol. The smallest absolute Gasteiger partial charge is 0.392 e. The van der Waals surface area contributed by atoms with Crippen molar-refractivity contribution in [1.29, 1.82) is 0 Å². The predicted molar refractivity (Wildman–Crippen MR) is 123 cm³/mol. The number of nitrogens with two attached hydrogens (primary N) is 1. The van der Waals surface area contributed by atoms with E-state index in [-0.39, 0.29) is 66.6 Å². The van der Waals surface area contributed by atoms with Crippen LogP contribution in [0.3, 0.4) is 0 Å². The van der Waals surface area contributed by atoms with Crippen LogP contribution < -0.4 is 10.6 Å². The van der Waals surface area contributed by atoms with Gasteiger partial charge in [0.05, 0.1) is 30.0 Å². The Morgan fingerprint density at radius 2 is 2.00 bits per heavy atom. The van der Waals surface area contributed by atoms with Crippen LogP contribution in [0.2, 0.25) is 0 Å². The first-order valence-electron chi connectivity index (χ1n) is 10.0. The Morgan fingerprint density at radius 1 is 1.26 bits per heavy atom. The SMILES string of the molecule is C[C@H]1CN(c2ccc(C(F)(F)F)c(CO)c2)C(=O)c2c(CC(=O)c3cccnc3N)cnn21.S. The molecule has 34 heavy (non-hydrogen) atoms. The molecule has 0 saturated heterocycles. The van der Waals surface area contributed by atoms with E-state index in [4.69, 9.17) is 5.73 Å². The van der Waals surface area contributed by atoms with Crippen LogP contribution in [0.1, 0.15) is 50.5 Å². The third-order valence-corrected chi connectivity index (χ3v) is 5.55. The standard InChI is InChI=1S/C22H20F3N5O3.H2S/c1-12-10-29(15-4-5-17(22(23,24)25)14(7-15)11-31)21(33)19-13(9-28-30(12)19)8-18(32)16-3-2-6-27-20(16)26;/h2-7,9,12,31H,8,10-11H2,1H3,(H2,26,27);1H2/t12-;/m0./s1. The van der Waals surface area contributed by atoms with Gasteiger partial charge in [-0.15, -0.1) is 0 Å². The molecule has 3 heterocycles. The molecule has 0 spiro atoms. The molecule has 0 bridgehead atoms. The number of halogens is 3. The Balaban J connectivity index is 0.00000324. The number of pyridine rings is 1. The molecule has 2 aromatic heterocycles. The van der Waals surface area contributed by atoms with Gasteiger partial charge in [-0.1, -0.05) is 0 Å². The molecule has 1 aliphatic heterocycles. The van der Waals surface area contributed by atoms with Crippen LogP contribution in [0.15, 0.2) is 42.7 Å². The molecule has 0 radical (unpaired) electrons. The number of nitrogen functional groups attached to an aromatic ring is 1. The maximum Gasteiger partial charge on any atom is 0.416 e. The second-order valence-electron chi connectivity index (χ2n) is 7.76. The van der Waals surface area contributed by atoms with Gasteiger partial charge in [0.25, 0.3) is 5.91 Å². The van der Waals surface area contributed by atoms with E-state index < -0.39 is 24.3 Å². The number of anilines is 2. The molecule has 0 saturated carbocycles. The summed E-state index contributed by atoms with van der Waals surface area (Å²) < 4.78 is 41.1. The lowest BCUT2D eigenvalue weighted by atomic mass is 10.0. The molecule has 4 rings (SSSR count). The molecule has 180 valence electrons. The predicted octanol–water partition coefficient (Wildman–Crippen LogP) is 3.13. The molecule has 0 fully saturated rings. The van der Waals surface area contributed by atoms with E-state index >= 15 is 0 Å². The number of aliphatic hydroxyl groups excluding tert-OH is 1. The van der Waals surface area contributed by atoms with Gasteiger partial charge in [0.2, 0.25) is 0 Å². The molecule has 1 aromatic carbocycles. The lowest BCUT2D eigenvalue weighted by molar-refractivity contribution is -0.138. The third kappa shape index (κ3) is 4.50. The van der Waals surface area contributed by atoms with Gasteiger partial charge in [0.15, 0.2) is 5.78 Å². The van der Waals surface area contributed by atoms with Crippen LogP contribution in [-0.4, -0.2) is 38.1 Å². The summed E-state index contributed by atoms with van der Waals surface area (Å²) in [6, 6.07) is 6.01. The molecule has 1 atom stereocenters. The zero-order chi connectivity index (χ0) is 23.9. The van der Waals surface area contributed by atoms with Crippen molar-refractivity contribution in [2.75, 3.05) is 17.2 Å². The largest absolute Gasteiger partial charge is 0.416 e. The highest BCUT2D eigenvalue weighted by Crippen LogP contribution is 2.36. The van der Waals surface area contributed by atoms with E-state index in [0.717, 1.165) is 12.1 Å². The monoisotopic (exact) mass is 493 g/mol. The van der Waals surface area contributed by atoms with Gasteiger partial charge in [-0.05, 0) is 42.8 Å². The van der Waals surface area contributed by atoms with Gasteiger partial charge in [-0.25, -0.2) is 4.98 Å². The van der Waals surface area contributed by atoms with Crippen molar-refractivity contribution in [2.45, 2.75) is 32.2 Å². The number of carbonyl (C=O) groups excluding carboxylic acids is 2. The fraction of sp³-hybridized carbons (Fsp3) is 0.273. The number of carbonyl (C=O) groups is 2. The number of hydrogen-bond acceptors (Lipinski definition) is 6. The fourth-order valence-electron chi connectivity index (χ4n) is 3.95. The van der Waals surface area contributed by atoms with Gasteiger partial charge < -0.3 is 15.7 Å². The van der Waals surface area contributed by atoms with Crippen molar-refractivity contribution in [2.24, 2.45) is 0 Å². The Labute approximate surface area is 199 Å². The molecule has 1 aliphatic rings. The molecule has 1 amide bonds. The fourth-order valence-corrected chi connectivity index (χ4v) is 3.95. The Kier molecular flexibility index (Phi) is 7.03. The molecule has 3 N–H and O–H groups in total. The lowest BCUT2D eigenvalue weighted by Crippen LogP contribution is -2.43. The highest BCUT2D eigenvalue weighted by atomic mass is 32.1. The van der Waals surface area contributed by atoms with Crippen molar-refractivity contribution in [1.82, 2.24) is 14.8 Å². The minimum absolute atomic E-state index is 0. The van der Waals surface area contributed by atoms with Crippen LogP contribution in [0.4, 0.5) is 24.7 Å². The first kappa shape index (κ1) is 25.2. The maximum atomic E-state index is 13.3. The van der Waals surface area contributed by atoms with E-state index in [1.165, 1.54) is 34.1 Å². The molecule has 8 nitrogen and oxygen atoms in total. The number of rotatable bonds is 5. The van der Waals surface area contributed by atoms with Crippen molar-refractivity contribution in [3.63, 3.8) is 0 Å². The normalized spacial score (nSPS) is 15.6. The van der Waals surface area contributed by atoms with Crippen LogP contribution in [0, 0.1) is 0 Å². The van der Waals surface area contributed by atoms with Crippen LogP contribution in [0.5, 0.6) is 0 Å². The molecular formula is C22H22F3N5O3S. The Bertz CT molecular complexity index is 1240. The number of alkyl halides is 3. The highest BCUT2D eigenvalue weighted by molar-refractivity contribution is 7.59. The first-order valence-corrected chi connectivity index (χ1v) is 10.0. The van der Waals surface area contributed by atoms with E-state index in [9.17, 15) is 27.9 Å². The second-order valence-corrected chi connectivity index (χ2v) is 7.76. The number of aliphatic hydroxyl groups is 1. The number of Topliss-reactive ketones (excluding diaryl/α,β-unsaturated/α-hetero) is 1. The summed E-state index contributed by atoms with van der Waals surface area (Å²) in [7, 11) is 0. The second kappa shape index (κ2) is 9.47. The van der Waals surface area contributed by atoms with Gasteiger partial charge in [0.1, 0.15) is 11.5 Å². The summed E-state index contributed by atoms with van der Waals surface area (Å²) in [6.45, 7) is 1.13. The summed E-state index contributed by atoms with van der Waals surface area (Å²) in [5.74, 6) is -0.770. The van der Waals surface area contributed by atoms with Crippen molar-refractivity contribution in [3.8, 4) is 0 Å². The molecule has 12 heteroatoms. The van der Waals surface area contributed by atoms with E-state index in [1.54, 1.807) is 13.0 Å². The Morgan fingerprint density at radius 3 is 2.65 bits per heavy atom. The van der Waals surface area contributed by atoms with Crippen LogP contribution >= 0.6 is 13.5 Å². The highest BCUT2D eigenvalue weighted by Gasteiger charge is 2.36. The summed E-state index contributed by atoms with van der Waals surface area (Å²) in [4.78, 5) is 31.3. The molecular weight excluding hydrogens is 471 g/mol. The zero-order valence-electron chi connectivity index (χ0n) is 18.0. The van der Waals surface area contributed by atoms with E-state index in [1.807, 2.05) is 0 Å². The number of nitrogens with zero attached hydrogens (tertiary/aromatic N) is 4. The van der Waals surface area contributed by atoms with Gasteiger partial charge in [-0.2, -0.15) is 31.8 Å². The minimum atomic E-state index is -4.63. The van der Waals surface area contributed by atoms with Gasteiger partial charge >= 0.3 is 6.18 Å². The first-order chi connectivity index (χ1) is 15.6. The summed E-state index contributed by atoms with van der Waals surface area (Å²) in [5.41, 5.74) is 5.47.